The first-order valence-corrected chi connectivity index (χ1v) is 5.49. The molecule has 4 nitrogen and oxygen atoms in total. The first-order valence-electron chi connectivity index (χ1n) is 5.49. The molecule has 1 atom stereocenters. The third kappa shape index (κ3) is 3.80. The normalized spacial score (nSPS) is 13.7. The molecule has 0 heterocycles. The van der Waals surface area contributed by atoms with Crippen molar-refractivity contribution < 1.29 is 9.90 Å². The molecule has 4 heteroatoms. The Hall–Kier alpha value is -0.610. The highest BCUT2D eigenvalue weighted by molar-refractivity contribution is 5.79. The first-order chi connectivity index (χ1) is 6.90. The Labute approximate surface area is 92.4 Å². The average Bonchev–Trinajstić information content (AvgIpc) is 2.23. The van der Waals surface area contributed by atoms with Crippen molar-refractivity contribution >= 4 is 5.91 Å². The van der Waals surface area contributed by atoms with E-state index in [9.17, 15) is 9.90 Å². The summed E-state index contributed by atoms with van der Waals surface area (Å²) in [6, 6.07) is 0. The highest BCUT2D eigenvalue weighted by Crippen LogP contribution is 2.16. The Morgan fingerprint density at radius 3 is 2.40 bits per heavy atom. The number of rotatable bonds is 6. The Morgan fingerprint density at radius 2 is 2.07 bits per heavy atom. The second kappa shape index (κ2) is 6.08. The molecular weight excluding hydrogens is 192 g/mol. The van der Waals surface area contributed by atoms with E-state index in [-0.39, 0.29) is 18.4 Å². The largest absolute Gasteiger partial charge is 0.394 e. The minimum Gasteiger partial charge on any atom is -0.394 e. The van der Waals surface area contributed by atoms with Crippen LogP contribution in [0.1, 0.15) is 33.6 Å². The summed E-state index contributed by atoms with van der Waals surface area (Å²) < 4.78 is 0. The van der Waals surface area contributed by atoms with Crippen molar-refractivity contribution in [3.8, 4) is 0 Å². The highest BCUT2D eigenvalue weighted by atomic mass is 16.3. The van der Waals surface area contributed by atoms with Crippen LogP contribution in [0.2, 0.25) is 0 Å². The lowest BCUT2D eigenvalue weighted by atomic mass is 9.98. The maximum Gasteiger partial charge on any atom is 0.227 e. The van der Waals surface area contributed by atoms with Gasteiger partial charge in [-0.1, -0.05) is 13.3 Å². The molecule has 0 rings (SSSR count). The summed E-state index contributed by atoms with van der Waals surface area (Å²) in [5.74, 6) is -0.0933. The van der Waals surface area contributed by atoms with Crippen LogP contribution in [0, 0.1) is 5.92 Å². The lowest BCUT2D eigenvalue weighted by molar-refractivity contribution is -0.140. The molecule has 0 aliphatic rings. The van der Waals surface area contributed by atoms with E-state index in [0.717, 1.165) is 12.8 Å². The molecule has 0 bridgehead atoms. The second-order valence-electron chi connectivity index (χ2n) is 4.59. The molecule has 15 heavy (non-hydrogen) atoms. The Bertz CT molecular complexity index is 205. The maximum atomic E-state index is 12.0. The van der Waals surface area contributed by atoms with Gasteiger partial charge in [-0.15, -0.1) is 0 Å². The number of amides is 1. The monoisotopic (exact) mass is 216 g/mol. The molecule has 0 aliphatic heterocycles. The minimum absolute atomic E-state index is 0.0263. The van der Waals surface area contributed by atoms with Crippen molar-refractivity contribution in [2.45, 2.75) is 39.2 Å². The summed E-state index contributed by atoms with van der Waals surface area (Å²) in [5.41, 5.74) is 5.06. The summed E-state index contributed by atoms with van der Waals surface area (Å²) in [6.07, 6.45) is 1.75. The summed E-state index contributed by atoms with van der Waals surface area (Å²) in [4.78, 5) is 13.6. The van der Waals surface area contributed by atoms with E-state index in [4.69, 9.17) is 5.73 Å². The van der Waals surface area contributed by atoms with Gasteiger partial charge in [-0.2, -0.15) is 0 Å². The Morgan fingerprint density at radius 1 is 1.53 bits per heavy atom. The number of hydrogen-bond acceptors (Lipinski definition) is 3. The van der Waals surface area contributed by atoms with Gasteiger partial charge in [0.15, 0.2) is 0 Å². The van der Waals surface area contributed by atoms with Crippen LogP contribution in [-0.2, 0) is 4.79 Å². The fourth-order valence-electron chi connectivity index (χ4n) is 1.37. The number of nitrogens with two attached hydrogens (primary N) is 1. The lowest BCUT2D eigenvalue weighted by Crippen LogP contribution is -2.50. The molecule has 1 unspecified atom stereocenters. The van der Waals surface area contributed by atoms with E-state index >= 15 is 0 Å². The molecule has 0 saturated heterocycles. The topological polar surface area (TPSA) is 66.6 Å². The number of likely N-dealkylation sites (N-methyl/N-ethyl adjacent to an activating group) is 1. The van der Waals surface area contributed by atoms with Gasteiger partial charge in [0.25, 0.3) is 0 Å². The van der Waals surface area contributed by atoms with Gasteiger partial charge in [0, 0.05) is 13.6 Å². The number of carbonyl (C=O) groups excluding carboxylic acids is 1. The molecule has 0 aromatic rings. The van der Waals surface area contributed by atoms with E-state index in [0.29, 0.717) is 6.54 Å². The number of carbonyl (C=O) groups is 1. The van der Waals surface area contributed by atoms with Crippen molar-refractivity contribution in [2.75, 3.05) is 20.2 Å². The molecule has 3 N–H and O–H groups in total. The number of nitrogens with zero attached hydrogens (tertiary/aromatic N) is 1. The van der Waals surface area contributed by atoms with Gasteiger partial charge in [-0.05, 0) is 20.3 Å². The van der Waals surface area contributed by atoms with Crippen LogP contribution in [0.5, 0.6) is 0 Å². The lowest BCUT2D eigenvalue weighted by Gasteiger charge is -2.36. The van der Waals surface area contributed by atoms with Crippen molar-refractivity contribution in [2.24, 2.45) is 11.7 Å². The molecule has 0 aromatic carbocycles. The van der Waals surface area contributed by atoms with Crippen LogP contribution in [0.15, 0.2) is 0 Å². The summed E-state index contributed by atoms with van der Waals surface area (Å²) in [6.45, 7) is 6.04. The molecule has 0 aliphatic carbocycles. The van der Waals surface area contributed by atoms with E-state index in [1.165, 1.54) is 0 Å². The number of aliphatic hydroxyl groups is 1. The van der Waals surface area contributed by atoms with Crippen LogP contribution in [-0.4, -0.2) is 41.7 Å². The van der Waals surface area contributed by atoms with Gasteiger partial charge in [0.2, 0.25) is 5.91 Å². The molecular formula is C11H24N2O2. The van der Waals surface area contributed by atoms with Gasteiger partial charge >= 0.3 is 0 Å². The molecule has 0 radical (unpaired) electrons. The summed E-state index contributed by atoms with van der Waals surface area (Å²) in [7, 11) is 1.72. The van der Waals surface area contributed by atoms with Gasteiger partial charge in [-0.3, -0.25) is 4.79 Å². The SMILES string of the molecule is CCCC(CN)C(=O)N(C)C(C)(C)CO. The minimum atomic E-state index is -0.516. The van der Waals surface area contributed by atoms with Gasteiger partial charge < -0.3 is 15.7 Å². The number of aliphatic hydroxyl groups excluding tert-OH is 1. The quantitative estimate of drug-likeness (QED) is 0.683. The maximum absolute atomic E-state index is 12.0. The van der Waals surface area contributed by atoms with Crippen molar-refractivity contribution in [3.63, 3.8) is 0 Å². The molecule has 0 fully saturated rings. The van der Waals surface area contributed by atoms with E-state index in [1.807, 2.05) is 20.8 Å². The molecule has 0 aromatic heterocycles. The van der Waals surface area contributed by atoms with E-state index < -0.39 is 5.54 Å². The predicted molar refractivity (Wildman–Crippen MR) is 61.4 cm³/mol. The predicted octanol–water partition coefficient (Wildman–Crippen LogP) is 0.591. The second-order valence-corrected chi connectivity index (χ2v) is 4.59. The van der Waals surface area contributed by atoms with E-state index in [2.05, 4.69) is 0 Å². The molecule has 1 amide bonds. The van der Waals surface area contributed by atoms with Crippen LogP contribution >= 0.6 is 0 Å². The Balaban J connectivity index is 4.54. The zero-order valence-corrected chi connectivity index (χ0v) is 10.3. The zero-order chi connectivity index (χ0) is 12.1. The van der Waals surface area contributed by atoms with Crippen molar-refractivity contribution in [1.82, 2.24) is 4.90 Å². The van der Waals surface area contributed by atoms with E-state index in [1.54, 1.807) is 11.9 Å². The van der Waals surface area contributed by atoms with Gasteiger partial charge in [0.05, 0.1) is 18.1 Å². The van der Waals surface area contributed by atoms with Gasteiger partial charge in [-0.25, -0.2) is 0 Å². The smallest absolute Gasteiger partial charge is 0.227 e. The highest BCUT2D eigenvalue weighted by Gasteiger charge is 2.30. The fourth-order valence-corrected chi connectivity index (χ4v) is 1.37. The van der Waals surface area contributed by atoms with Crippen molar-refractivity contribution in [1.29, 1.82) is 0 Å². The molecule has 0 saturated carbocycles. The van der Waals surface area contributed by atoms with Crippen molar-refractivity contribution in [3.05, 3.63) is 0 Å². The Kier molecular flexibility index (Phi) is 5.83. The van der Waals surface area contributed by atoms with Gasteiger partial charge in [0.1, 0.15) is 0 Å². The summed E-state index contributed by atoms with van der Waals surface area (Å²) >= 11 is 0. The summed E-state index contributed by atoms with van der Waals surface area (Å²) in [5, 5.41) is 9.17. The third-order valence-electron chi connectivity index (χ3n) is 2.90. The number of hydrogen-bond donors (Lipinski definition) is 2. The fraction of sp³-hybridized carbons (Fsp3) is 0.909. The standard InChI is InChI=1S/C11H24N2O2/c1-5-6-9(7-12)10(15)13(4)11(2,3)8-14/h9,14H,5-8,12H2,1-4H3. The van der Waals surface area contributed by atoms with Crippen LogP contribution in [0.3, 0.4) is 0 Å². The van der Waals surface area contributed by atoms with Crippen LogP contribution in [0.25, 0.3) is 0 Å². The molecule has 90 valence electrons. The zero-order valence-electron chi connectivity index (χ0n) is 10.3. The third-order valence-corrected chi connectivity index (χ3v) is 2.90. The average molecular weight is 216 g/mol. The molecule has 0 spiro atoms. The van der Waals surface area contributed by atoms with Crippen LogP contribution in [0.4, 0.5) is 0 Å². The first kappa shape index (κ1) is 14.4. The van der Waals surface area contributed by atoms with Crippen LogP contribution < -0.4 is 5.73 Å².